The second-order valence-electron chi connectivity index (χ2n) is 2.21. The van der Waals surface area contributed by atoms with Crippen LogP contribution in [-0.4, -0.2) is 45.9 Å². The molecule has 0 aromatic rings. The molecule has 12 heavy (non-hydrogen) atoms. The molecule has 71 valence electrons. The quantitative estimate of drug-likeness (QED) is 0.476. The molecule has 1 radical (unpaired) electrons. The summed E-state index contributed by atoms with van der Waals surface area (Å²) in [5, 5.41) is 15.4. The van der Waals surface area contributed by atoms with E-state index in [9.17, 15) is 9.90 Å². The molecule has 0 aliphatic carbocycles. The minimum atomic E-state index is -0.302. The Bertz CT molecular complexity index is 107. The highest BCUT2D eigenvalue weighted by atomic mass is 16.5. The van der Waals surface area contributed by atoms with Gasteiger partial charge in [0.15, 0.2) is 0 Å². The van der Waals surface area contributed by atoms with Crippen LogP contribution in [0.2, 0.25) is 0 Å². The van der Waals surface area contributed by atoms with E-state index in [1.807, 2.05) is 0 Å². The van der Waals surface area contributed by atoms with Crippen molar-refractivity contribution in [3.8, 4) is 0 Å². The standard InChI is InChI=1S/C7H15N2O3/c1-8-2-3-9-7(11)6-12-5-4-10/h8H,2-6H2,1H3,(H,9,11). The Hall–Kier alpha value is -0.650. The average Bonchev–Trinajstić information content (AvgIpc) is 2.06. The highest BCUT2D eigenvalue weighted by Crippen LogP contribution is 1.73. The molecule has 0 aromatic heterocycles. The molecule has 0 aliphatic heterocycles. The van der Waals surface area contributed by atoms with Crippen LogP contribution in [0.15, 0.2) is 0 Å². The van der Waals surface area contributed by atoms with Gasteiger partial charge in [0, 0.05) is 13.1 Å². The fraction of sp³-hybridized carbons (Fsp3) is 0.857. The minimum Gasteiger partial charge on any atom is -0.369 e. The van der Waals surface area contributed by atoms with Crippen LogP contribution < -0.4 is 10.6 Å². The van der Waals surface area contributed by atoms with Crippen LogP contribution in [0.25, 0.3) is 0 Å². The Kier molecular flexibility index (Phi) is 7.99. The van der Waals surface area contributed by atoms with Crippen LogP contribution in [0.3, 0.4) is 0 Å². The number of likely N-dealkylation sites (N-methyl/N-ethyl adjacent to an activating group) is 1. The lowest BCUT2D eigenvalue weighted by atomic mass is 10.5. The zero-order chi connectivity index (χ0) is 9.23. The Balaban J connectivity index is 3.10. The molecule has 0 atom stereocenters. The van der Waals surface area contributed by atoms with E-state index in [0.717, 1.165) is 6.54 Å². The van der Waals surface area contributed by atoms with Crippen LogP contribution >= 0.6 is 0 Å². The molecule has 0 heterocycles. The second kappa shape index (κ2) is 8.45. The summed E-state index contributed by atoms with van der Waals surface area (Å²) in [6.45, 7) is 1.08. The molecule has 5 nitrogen and oxygen atoms in total. The first kappa shape index (κ1) is 11.4. The summed E-state index contributed by atoms with van der Waals surface area (Å²) in [5.74, 6) is -0.182. The van der Waals surface area contributed by atoms with Crippen molar-refractivity contribution >= 4 is 5.91 Å². The van der Waals surface area contributed by atoms with Crippen molar-refractivity contribution in [3.05, 3.63) is 0 Å². The normalized spacial score (nSPS) is 9.83. The second-order valence-corrected chi connectivity index (χ2v) is 2.21. The molecule has 0 saturated carbocycles. The van der Waals surface area contributed by atoms with Gasteiger partial charge in [0.1, 0.15) is 13.2 Å². The van der Waals surface area contributed by atoms with E-state index in [1.54, 1.807) is 7.05 Å². The molecular formula is C7H15N2O3. The van der Waals surface area contributed by atoms with Crippen molar-refractivity contribution in [2.75, 3.05) is 40.0 Å². The van der Waals surface area contributed by atoms with Crippen molar-refractivity contribution in [1.29, 1.82) is 0 Å². The average molecular weight is 175 g/mol. The van der Waals surface area contributed by atoms with Gasteiger partial charge in [-0.3, -0.25) is 4.79 Å². The van der Waals surface area contributed by atoms with Crippen molar-refractivity contribution < 1.29 is 14.6 Å². The largest absolute Gasteiger partial charge is 0.369 e. The summed E-state index contributed by atoms with van der Waals surface area (Å²) in [4.78, 5) is 10.8. The zero-order valence-electron chi connectivity index (χ0n) is 7.26. The third kappa shape index (κ3) is 7.46. The van der Waals surface area contributed by atoms with E-state index in [1.165, 1.54) is 0 Å². The lowest BCUT2D eigenvalue weighted by Gasteiger charge is -2.03. The Morgan fingerprint density at radius 1 is 1.42 bits per heavy atom. The van der Waals surface area contributed by atoms with Crippen molar-refractivity contribution in [2.24, 2.45) is 0 Å². The summed E-state index contributed by atoms with van der Waals surface area (Å²) in [6, 6.07) is 0. The Labute approximate surface area is 72.1 Å². The Morgan fingerprint density at radius 3 is 2.75 bits per heavy atom. The van der Waals surface area contributed by atoms with Gasteiger partial charge in [-0.1, -0.05) is 0 Å². The van der Waals surface area contributed by atoms with Gasteiger partial charge in [0.25, 0.3) is 0 Å². The number of ether oxygens (including phenoxy) is 1. The monoisotopic (exact) mass is 175 g/mol. The molecule has 0 rings (SSSR count). The molecule has 0 unspecified atom stereocenters. The molecule has 0 aromatic carbocycles. The van der Waals surface area contributed by atoms with Gasteiger partial charge in [-0.2, -0.15) is 0 Å². The number of hydrogen-bond donors (Lipinski definition) is 2. The van der Waals surface area contributed by atoms with Crippen LogP contribution in [0, 0.1) is 0 Å². The van der Waals surface area contributed by atoms with Crippen LogP contribution in [0.4, 0.5) is 0 Å². The number of nitrogens with one attached hydrogen (secondary N) is 2. The van der Waals surface area contributed by atoms with Crippen molar-refractivity contribution in [2.45, 2.75) is 0 Å². The molecule has 1 amide bonds. The number of amides is 1. The van der Waals surface area contributed by atoms with Crippen LogP contribution in [-0.2, 0) is 14.6 Å². The predicted octanol–water partition coefficient (Wildman–Crippen LogP) is -1.23. The van der Waals surface area contributed by atoms with E-state index >= 15 is 0 Å². The summed E-state index contributed by atoms with van der Waals surface area (Å²) >= 11 is 0. The van der Waals surface area contributed by atoms with E-state index < -0.39 is 0 Å². The van der Waals surface area contributed by atoms with E-state index in [-0.39, 0.29) is 25.7 Å². The number of rotatable bonds is 7. The van der Waals surface area contributed by atoms with E-state index in [4.69, 9.17) is 4.74 Å². The maximum atomic E-state index is 10.8. The third-order valence-corrected chi connectivity index (χ3v) is 1.16. The highest BCUT2D eigenvalue weighted by Gasteiger charge is 1.98. The molecule has 2 N–H and O–H groups in total. The van der Waals surface area contributed by atoms with Gasteiger partial charge in [0.05, 0.1) is 6.61 Å². The third-order valence-electron chi connectivity index (χ3n) is 1.16. The van der Waals surface area contributed by atoms with Crippen LogP contribution in [0.5, 0.6) is 0 Å². The van der Waals surface area contributed by atoms with E-state index in [0.29, 0.717) is 6.54 Å². The first-order chi connectivity index (χ1) is 5.81. The van der Waals surface area contributed by atoms with E-state index in [2.05, 4.69) is 10.6 Å². The smallest absolute Gasteiger partial charge is 0.246 e. The SMILES string of the molecule is CNCCNC(=O)COCC[O]. The molecular weight excluding hydrogens is 160 g/mol. The first-order valence-corrected chi connectivity index (χ1v) is 3.88. The molecule has 0 aliphatic rings. The molecule has 5 heteroatoms. The van der Waals surface area contributed by atoms with Gasteiger partial charge in [-0.05, 0) is 7.05 Å². The number of carbonyl (C=O) groups excluding carboxylic acids is 1. The maximum absolute atomic E-state index is 10.8. The first-order valence-electron chi connectivity index (χ1n) is 3.88. The molecule has 0 saturated heterocycles. The fourth-order valence-electron chi connectivity index (χ4n) is 0.602. The molecule has 0 fully saturated rings. The number of hydrogen-bond acceptors (Lipinski definition) is 3. The molecule has 0 bridgehead atoms. The van der Waals surface area contributed by atoms with Gasteiger partial charge in [0.2, 0.25) is 5.91 Å². The maximum Gasteiger partial charge on any atom is 0.246 e. The van der Waals surface area contributed by atoms with Gasteiger partial charge in [-0.25, -0.2) is 5.11 Å². The highest BCUT2D eigenvalue weighted by molar-refractivity contribution is 5.77. The van der Waals surface area contributed by atoms with Crippen molar-refractivity contribution in [3.63, 3.8) is 0 Å². The molecule has 0 spiro atoms. The fourth-order valence-corrected chi connectivity index (χ4v) is 0.602. The van der Waals surface area contributed by atoms with Gasteiger partial charge in [-0.15, -0.1) is 0 Å². The summed E-state index contributed by atoms with van der Waals surface area (Å²) in [7, 11) is 1.81. The summed E-state index contributed by atoms with van der Waals surface area (Å²) in [5.41, 5.74) is 0. The summed E-state index contributed by atoms with van der Waals surface area (Å²) in [6.07, 6.45) is 0. The predicted molar refractivity (Wildman–Crippen MR) is 43.3 cm³/mol. The topological polar surface area (TPSA) is 70.3 Å². The minimum absolute atomic E-state index is 0.0219. The van der Waals surface area contributed by atoms with Gasteiger partial charge >= 0.3 is 0 Å². The zero-order valence-corrected chi connectivity index (χ0v) is 7.26. The number of carbonyl (C=O) groups is 1. The summed E-state index contributed by atoms with van der Waals surface area (Å²) < 4.78 is 4.73. The van der Waals surface area contributed by atoms with Gasteiger partial charge < -0.3 is 15.4 Å². The Morgan fingerprint density at radius 2 is 2.17 bits per heavy atom. The van der Waals surface area contributed by atoms with Crippen molar-refractivity contribution in [1.82, 2.24) is 10.6 Å². The van der Waals surface area contributed by atoms with Crippen LogP contribution in [0.1, 0.15) is 0 Å². The lowest BCUT2D eigenvalue weighted by Crippen LogP contribution is -2.33. The lowest BCUT2D eigenvalue weighted by molar-refractivity contribution is -0.126.